The highest BCUT2D eigenvalue weighted by Crippen LogP contribution is 2.24. The normalized spacial score (nSPS) is 11.6. The van der Waals surface area contributed by atoms with E-state index in [1.54, 1.807) is 56.7 Å². The molecule has 7 nitrogen and oxygen atoms in total. The summed E-state index contributed by atoms with van der Waals surface area (Å²) in [5.74, 6) is 0.439. The number of benzene rings is 2. The van der Waals surface area contributed by atoms with E-state index in [1.165, 1.54) is 11.8 Å². The van der Waals surface area contributed by atoms with Gasteiger partial charge in [0.05, 0.1) is 37.7 Å². The predicted molar refractivity (Wildman–Crippen MR) is 112 cm³/mol. The molecule has 3 N–H and O–H groups in total. The molecule has 1 atom stereocenters. The maximum atomic E-state index is 12.8. The first-order valence-electron chi connectivity index (χ1n) is 9.12. The number of amides is 2. The molecular weight excluding hydrogens is 392 g/mol. The van der Waals surface area contributed by atoms with Crippen LogP contribution in [0.3, 0.4) is 0 Å². The summed E-state index contributed by atoms with van der Waals surface area (Å²) >= 11 is 1.28. The molecule has 2 amide bonds. The van der Waals surface area contributed by atoms with Crippen molar-refractivity contribution >= 4 is 23.6 Å². The van der Waals surface area contributed by atoms with E-state index in [-0.39, 0.29) is 24.2 Å². The van der Waals surface area contributed by atoms with Gasteiger partial charge in [-0.1, -0.05) is 24.3 Å². The molecule has 156 valence electrons. The van der Waals surface area contributed by atoms with Crippen molar-refractivity contribution in [3.63, 3.8) is 0 Å². The van der Waals surface area contributed by atoms with Crippen LogP contribution in [-0.2, 0) is 9.53 Å². The van der Waals surface area contributed by atoms with Gasteiger partial charge in [-0.25, -0.2) is 0 Å². The molecule has 2 aromatic carbocycles. The van der Waals surface area contributed by atoms with E-state index in [9.17, 15) is 14.7 Å². The molecule has 8 heteroatoms. The van der Waals surface area contributed by atoms with Crippen LogP contribution in [0.1, 0.15) is 22.0 Å². The second-order valence-corrected chi connectivity index (χ2v) is 7.13. The minimum Gasteiger partial charge on any atom is -0.497 e. The van der Waals surface area contributed by atoms with Crippen LogP contribution < -0.4 is 15.4 Å². The molecule has 0 aromatic heterocycles. The Morgan fingerprint density at radius 2 is 1.83 bits per heavy atom. The minimum absolute atomic E-state index is 0.131. The van der Waals surface area contributed by atoms with Gasteiger partial charge in [-0.05, 0) is 29.8 Å². The number of hydrogen-bond donors (Lipinski definition) is 3. The second kappa shape index (κ2) is 12.1. The Morgan fingerprint density at radius 3 is 2.48 bits per heavy atom. The van der Waals surface area contributed by atoms with Gasteiger partial charge >= 0.3 is 0 Å². The molecule has 0 heterocycles. The fourth-order valence-corrected chi connectivity index (χ4v) is 3.45. The van der Waals surface area contributed by atoms with Crippen molar-refractivity contribution in [1.82, 2.24) is 10.6 Å². The lowest BCUT2D eigenvalue weighted by Gasteiger charge is -2.18. The van der Waals surface area contributed by atoms with Gasteiger partial charge in [-0.15, -0.1) is 11.8 Å². The molecule has 0 spiro atoms. The standard InChI is InChI=1S/C21H26N2O5S/c1-27-12-11-22-20(25)14-29-19-6-4-3-5-17(19)21(26)23-18(13-24)15-7-9-16(28-2)10-8-15/h3-10,18,24H,11-14H2,1-2H3,(H,22,25)(H,23,26). The van der Waals surface area contributed by atoms with Crippen LogP contribution in [0, 0.1) is 0 Å². The Bertz CT molecular complexity index is 798. The highest BCUT2D eigenvalue weighted by atomic mass is 32.2. The zero-order chi connectivity index (χ0) is 21.1. The Kier molecular flexibility index (Phi) is 9.49. The topological polar surface area (TPSA) is 96.9 Å². The number of aliphatic hydroxyl groups excluding tert-OH is 1. The summed E-state index contributed by atoms with van der Waals surface area (Å²) in [4.78, 5) is 25.4. The van der Waals surface area contributed by atoms with Gasteiger partial charge in [0.15, 0.2) is 0 Å². The Balaban J connectivity index is 2.03. The zero-order valence-electron chi connectivity index (χ0n) is 16.5. The number of nitrogens with one attached hydrogen (secondary N) is 2. The van der Waals surface area contributed by atoms with E-state index in [1.807, 2.05) is 6.07 Å². The largest absolute Gasteiger partial charge is 0.497 e. The monoisotopic (exact) mass is 418 g/mol. The number of carbonyl (C=O) groups is 2. The van der Waals surface area contributed by atoms with E-state index in [4.69, 9.17) is 9.47 Å². The van der Waals surface area contributed by atoms with E-state index < -0.39 is 6.04 Å². The highest BCUT2D eigenvalue weighted by molar-refractivity contribution is 8.00. The van der Waals surface area contributed by atoms with Crippen molar-refractivity contribution in [1.29, 1.82) is 0 Å². The third-order valence-corrected chi connectivity index (χ3v) is 5.20. The Morgan fingerprint density at radius 1 is 1.10 bits per heavy atom. The number of thioether (sulfide) groups is 1. The fraction of sp³-hybridized carbons (Fsp3) is 0.333. The molecule has 0 saturated heterocycles. The smallest absolute Gasteiger partial charge is 0.252 e. The number of rotatable bonds is 11. The van der Waals surface area contributed by atoms with Gasteiger partial charge in [0.2, 0.25) is 5.91 Å². The molecule has 2 aromatic rings. The van der Waals surface area contributed by atoms with E-state index in [2.05, 4.69) is 10.6 Å². The molecule has 0 aliphatic rings. The van der Waals surface area contributed by atoms with Crippen molar-refractivity contribution in [2.45, 2.75) is 10.9 Å². The van der Waals surface area contributed by atoms with Crippen molar-refractivity contribution < 1.29 is 24.2 Å². The molecule has 2 rings (SSSR count). The van der Waals surface area contributed by atoms with Crippen molar-refractivity contribution in [2.75, 3.05) is 39.7 Å². The molecular formula is C21H26N2O5S. The van der Waals surface area contributed by atoms with Crippen LogP contribution in [0.2, 0.25) is 0 Å². The summed E-state index contributed by atoms with van der Waals surface area (Å²) in [7, 11) is 3.15. The Labute approximate surface area is 174 Å². The lowest BCUT2D eigenvalue weighted by molar-refractivity contribution is -0.118. The third-order valence-electron chi connectivity index (χ3n) is 4.12. The van der Waals surface area contributed by atoms with E-state index >= 15 is 0 Å². The molecule has 1 unspecified atom stereocenters. The summed E-state index contributed by atoms with van der Waals surface area (Å²) in [6.45, 7) is 0.649. The summed E-state index contributed by atoms with van der Waals surface area (Å²) in [6, 6.07) is 13.7. The number of methoxy groups -OCH3 is 2. The van der Waals surface area contributed by atoms with Crippen LogP contribution >= 0.6 is 11.8 Å². The SMILES string of the molecule is COCCNC(=O)CSc1ccccc1C(=O)NC(CO)c1ccc(OC)cc1. The first-order valence-corrected chi connectivity index (χ1v) is 10.1. The van der Waals surface area contributed by atoms with Gasteiger partial charge < -0.3 is 25.2 Å². The minimum atomic E-state index is -0.552. The highest BCUT2D eigenvalue weighted by Gasteiger charge is 2.18. The molecule has 0 fully saturated rings. The summed E-state index contributed by atoms with van der Waals surface area (Å²) in [6.07, 6.45) is 0. The average molecular weight is 419 g/mol. The quantitative estimate of drug-likeness (QED) is 0.382. The Hall–Kier alpha value is -2.55. The summed E-state index contributed by atoms with van der Waals surface area (Å²) < 4.78 is 10.0. The van der Waals surface area contributed by atoms with Gasteiger partial charge in [0.1, 0.15) is 5.75 Å². The number of aliphatic hydroxyl groups is 1. The molecule has 0 aliphatic heterocycles. The lowest BCUT2D eigenvalue weighted by atomic mass is 10.1. The second-order valence-electron chi connectivity index (χ2n) is 6.11. The van der Waals surface area contributed by atoms with Gasteiger partial charge in [0, 0.05) is 18.6 Å². The predicted octanol–water partition coefficient (Wildman–Crippen LogP) is 2.01. The van der Waals surface area contributed by atoms with E-state index in [0.717, 1.165) is 5.56 Å². The van der Waals surface area contributed by atoms with E-state index in [0.29, 0.717) is 29.4 Å². The van der Waals surface area contributed by atoms with Gasteiger partial charge in [0.25, 0.3) is 5.91 Å². The van der Waals surface area contributed by atoms with Crippen LogP contribution in [0.4, 0.5) is 0 Å². The van der Waals surface area contributed by atoms with Gasteiger partial charge in [-0.2, -0.15) is 0 Å². The van der Waals surface area contributed by atoms with Crippen molar-refractivity contribution in [2.24, 2.45) is 0 Å². The van der Waals surface area contributed by atoms with Crippen LogP contribution in [0.25, 0.3) is 0 Å². The number of hydrogen-bond acceptors (Lipinski definition) is 6. The molecule has 0 bridgehead atoms. The summed E-state index contributed by atoms with van der Waals surface area (Å²) in [5, 5.41) is 15.3. The van der Waals surface area contributed by atoms with Crippen molar-refractivity contribution in [3.8, 4) is 5.75 Å². The zero-order valence-corrected chi connectivity index (χ0v) is 17.3. The number of ether oxygens (including phenoxy) is 2. The first kappa shape index (κ1) is 22.7. The molecule has 29 heavy (non-hydrogen) atoms. The van der Waals surface area contributed by atoms with Crippen LogP contribution in [-0.4, -0.2) is 56.7 Å². The third kappa shape index (κ3) is 7.08. The van der Waals surface area contributed by atoms with Crippen molar-refractivity contribution in [3.05, 3.63) is 59.7 Å². The molecule has 0 saturated carbocycles. The van der Waals surface area contributed by atoms with Crippen LogP contribution in [0.15, 0.2) is 53.4 Å². The maximum absolute atomic E-state index is 12.8. The average Bonchev–Trinajstić information content (AvgIpc) is 2.76. The van der Waals surface area contributed by atoms with Crippen LogP contribution in [0.5, 0.6) is 5.75 Å². The molecule has 0 aliphatic carbocycles. The molecule has 0 radical (unpaired) electrons. The number of carbonyl (C=O) groups excluding carboxylic acids is 2. The lowest BCUT2D eigenvalue weighted by Crippen LogP contribution is -2.31. The fourth-order valence-electron chi connectivity index (χ4n) is 2.57. The van der Waals surface area contributed by atoms with Gasteiger partial charge in [-0.3, -0.25) is 9.59 Å². The first-order chi connectivity index (χ1) is 14.1. The maximum Gasteiger partial charge on any atom is 0.252 e. The summed E-state index contributed by atoms with van der Waals surface area (Å²) in [5.41, 5.74) is 1.22.